The third kappa shape index (κ3) is 5.67. The summed E-state index contributed by atoms with van der Waals surface area (Å²) < 4.78 is 7.46. The Balaban J connectivity index is 1.35. The number of aryl methyl sites for hydroxylation is 1. The van der Waals surface area contributed by atoms with E-state index in [1.807, 2.05) is 16.8 Å². The van der Waals surface area contributed by atoms with Crippen molar-refractivity contribution in [2.24, 2.45) is 5.16 Å². The van der Waals surface area contributed by atoms with E-state index in [0.717, 1.165) is 40.4 Å². The Morgan fingerprint density at radius 2 is 2.24 bits per heavy atom. The standard InChI is InChI=1S/C24H23ClN6O8S2/c1-10(22(34)35)39-29-15(14-18(25)41-24(26)28-14)19(32)27-16-20(33)31-17(23(36)37)12(9-40-21(16)31)8-30-5-4-13-11(7-30)3-2-6-38-13/h4-5,7,10,16,21H,2-3,6,8-9H2,1H3,(H4-,26,27,28,32,34,35,36,37)/b29-15-/t10-,16+,21+/m0/s1. The number of nitrogen functional groups attached to an aromatic ring is 1. The van der Waals surface area contributed by atoms with Gasteiger partial charge in [-0.25, -0.2) is 14.3 Å². The van der Waals surface area contributed by atoms with Crippen LogP contribution in [0.1, 0.15) is 24.6 Å². The molecule has 2 aromatic heterocycles. The summed E-state index contributed by atoms with van der Waals surface area (Å²) in [5, 5.41) is 26.7. The number of nitrogens with one attached hydrogen (secondary N) is 1. The van der Waals surface area contributed by atoms with Crippen LogP contribution in [-0.2, 0) is 37.0 Å². The maximum atomic E-state index is 13.2. The van der Waals surface area contributed by atoms with E-state index in [2.05, 4.69) is 15.5 Å². The first-order valence-corrected chi connectivity index (χ1v) is 14.5. The summed E-state index contributed by atoms with van der Waals surface area (Å²) in [5.74, 6) is -3.39. The van der Waals surface area contributed by atoms with Gasteiger partial charge in [-0.3, -0.25) is 14.5 Å². The van der Waals surface area contributed by atoms with E-state index < -0.39 is 47.0 Å². The zero-order valence-electron chi connectivity index (χ0n) is 21.4. The number of β-lactam (4-membered cyclic amide) rings is 1. The van der Waals surface area contributed by atoms with Crippen molar-refractivity contribution in [3.8, 4) is 5.75 Å². The Labute approximate surface area is 245 Å². The van der Waals surface area contributed by atoms with Gasteiger partial charge in [0.15, 0.2) is 29.8 Å². The number of pyridine rings is 1. The zero-order valence-corrected chi connectivity index (χ0v) is 23.8. The fourth-order valence-corrected chi connectivity index (χ4v) is 6.77. The minimum absolute atomic E-state index is 0.00497. The van der Waals surface area contributed by atoms with E-state index in [1.165, 1.54) is 18.7 Å². The first-order chi connectivity index (χ1) is 19.5. The molecule has 3 aliphatic rings. The molecule has 0 aliphatic carbocycles. The molecule has 0 saturated carbocycles. The van der Waals surface area contributed by atoms with E-state index in [0.29, 0.717) is 12.2 Å². The number of hydrogen-bond acceptors (Lipinski definition) is 12. The van der Waals surface area contributed by atoms with Crippen molar-refractivity contribution in [2.45, 2.75) is 43.8 Å². The summed E-state index contributed by atoms with van der Waals surface area (Å²) >= 11 is 8.27. The normalized spacial score (nSPS) is 20.8. The Morgan fingerprint density at radius 1 is 1.46 bits per heavy atom. The Kier molecular flexibility index (Phi) is 8.06. The molecule has 5 heterocycles. The van der Waals surface area contributed by atoms with Gasteiger partial charge < -0.3 is 35.6 Å². The van der Waals surface area contributed by atoms with Crippen molar-refractivity contribution in [1.82, 2.24) is 15.2 Å². The summed E-state index contributed by atoms with van der Waals surface area (Å²) in [4.78, 5) is 59.7. The summed E-state index contributed by atoms with van der Waals surface area (Å²) in [6.07, 6.45) is 4.01. The number of nitrogens with two attached hydrogens (primary N) is 1. The molecule has 0 spiro atoms. The number of nitrogens with zero attached hydrogens (tertiary/aromatic N) is 4. The molecule has 0 bridgehead atoms. The summed E-state index contributed by atoms with van der Waals surface area (Å²) in [5.41, 5.74) is 6.28. The van der Waals surface area contributed by atoms with Crippen LogP contribution in [-0.4, -0.2) is 74.3 Å². The minimum atomic E-state index is -1.51. The highest BCUT2D eigenvalue weighted by Gasteiger charge is 2.53. The van der Waals surface area contributed by atoms with Gasteiger partial charge in [-0.15, -0.1) is 11.8 Å². The summed E-state index contributed by atoms with van der Waals surface area (Å²) in [7, 11) is 0. The van der Waals surface area contributed by atoms with Gasteiger partial charge in [-0.2, -0.15) is 0 Å². The van der Waals surface area contributed by atoms with Gasteiger partial charge in [-0.05, 0) is 19.8 Å². The van der Waals surface area contributed by atoms with Crippen LogP contribution in [0.3, 0.4) is 0 Å². The maximum absolute atomic E-state index is 13.2. The number of ether oxygens (including phenoxy) is 1. The second kappa shape index (κ2) is 11.5. The van der Waals surface area contributed by atoms with Crippen molar-refractivity contribution in [1.29, 1.82) is 0 Å². The van der Waals surface area contributed by atoms with Gasteiger partial charge in [-0.1, -0.05) is 28.1 Å². The predicted molar refractivity (Wildman–Crippen MR) is 144 cm³/mol. The number of carbonyl (C=O) groups excluding carboxylic acids is 3. The van der Waals surface area contributed by atoms with Crippen LogP contribution < -0.4 is 25.5 Å². The van der Waals surface area contributed by atoms with E-state index in [4.69, 9.17) is 32.0 Å². The van der Waals surface area contributed by atoms with Crippen LogP contribution in [0.5, 0.6) is 5.75 Å². The smallest absolute Gasteiger partial charge is 0.347 e. The number of hydrogen-bond donors (Lipinski definition) is 3. The zero-order chi connectivity index (χ0) is 29.4. The van der Waals surface area contributed by atoms with Crippen molar-refractivity contribution in [3.63, 3.8) is 0 Å². The number of anilines is 1. The molecule has 3 aliphatic heterocycles. The lowest BCUT2D eigenvalue weighted by atomic mass is 10.0. The molecule has 5 rings (SSSR count). The number of oxime groups is 1. The third-order valence-corrected chi connectivity index (χ3v) is 8.92. The van der Waals surface area contributed by atoms with Gasteiger partial charge in [0.05, 0.1) is 23.8 Å². The lowest BCUT2D eigenvalue weighted by Gasteiger charge is -2.50. The molecule has 17 heteroatoms. The monoisotopic (exact) mass is 622 g/mol. The minimum Gasteiger partial charge on any atom is -0.543 e. The van der Waals surface area contributed by atoms with Gasteiger partial charge in [0.25, 0.3) is 11.8 Å². The molecule has 14 nitrogen and oxygen atoms in total. The average molecular weight is 623 g/mol. The van der Waals surface area contributed by atoms with Gasteiger partial charge in [0.2, 0.25) is 6.10 Å². The number of thioether (sulfide) groups is 1. The molecule has 1 fully saturated rings. The number of rotatable bonds is 9. The fraction of sp³-hybridized carbons (Fsp3) is 0.375. The number of carboxylic acid groups (broad SMARTS) is 2. The highest BCUT2D eigenvalue weighted by Crippen LogP contribution is 2.40. The first kappa shape index (κ1) is 28.6. The molecule has 41 heavy (non-hydrogen) atoms. The quantitative estimate of drug-likeness (QED) is 0.138. The second-order valence-electron chi connectivity index (χ2n) is 9.26. The molecular formula is C24H23ClN6O8S2. The topological polar surface area (TPSA) is 200 Å². The molecule has 216 valence electrons. The number of aromatic nitrogens is 2. The van der Waals surface area contributed by atoms with Gasteiger partial charge in [0, 0.05) is 17.4 Å². The van der Waals surface area contributed by atoms with Crippen molar-refractivity contribution >= 4 is 69.3 Å². The molecule has 2 amide bonds. The predicted octanol–water partition coefficient (Wildman–Crippen LogP) is -0.711. The number of carboxylic acids is 2. The van der Waals surface area contributed by atoms with Gasteiger partial charge in [0.1, 0.15) is 27.2 Å². The van der Waals surface area contributed by atoms with Crippen LogP contribution in [0, 0.1) is 0 Å². The van der Waals surface area contributed by atoms with Crippen molar-refractivity contribution < 1.29 is 43.5 Å². The van der Waals surface area contributed by atoms with E-state index in [9.17, 15) is 24.3 Å². The lowest BCUT2D eigenvalue weighted by molar-refractivity contribution is -0.689. The van der Waals surface area contributed by atoms with Gasteiger partial charge >= 0.3 is 5.97 Å². The van der Waals surface area contributed by atoms with E-state index in [1.54, 1.807) is 6.20 Å². The fourth-order valence-electron chi connectivity index (χ4n) is 4.50. The largest absolute Gasteiger partial charge is 0.543 e. The summed E-state index contributed by atoms with van der Waals surface area (Å²) in [6.45, 7) is 2.07. The van der Waals surface area contributed by atoms with Crippen LogP contribution in [0.4, 0.5) is 5.13 Å². The number of amides is 2. The van der Waals surface area contributed by atoms with Crippen LogP contribution >= 0.6 is 34.7 Å². The highest BCUT2D eigenvalue weighted by molar-refractivity contribution is 8.00. The maximum Gasteiger partial charge on any atom is 0.347 e. The van der Waals surface area contributed by atoms with E-state index in [-0.39, 0.29) is 33.2 Å². The molecule has 2 aromatic rings. The van der Waals surface area contributed by atoms with E-state index >= 15 is 0 Å². The average Bonchev–Trinajstić information content (AvgIpc) is 3.28. The Morgan fingerprint density at radius 3 is 2.93 bits per heavy atom. The second-order valence-corrected chi connectivity index (χ2v) is 12.0. The van der Waals surface area contributed by atoms with Crippen LogP contribution in [0.2, 0.25) is 4.34 Å². The number of halogens is 1. The SMILES string of the molecule is C[C@H](O/N=C(\C(=O)N[C@@H]1C(=O)N2C(C(=O)[O-])=C(C[n+]3ccc4c(c3)CCCO4)CS[C@H]12)c1nc(N)sc1Cl)C(=O)O. The molecule has 4 N–H and O–H groups in total. The first-order valence-electron chi connectivity index (χ1n) is 12.3. The summed E-state index contributed by atoms with van der Waals surface area (Å²) in [6, 6.07) is 0.712. The number of fused-ring (bicyclic) bond motifs is 2. The number of thiazole rings is 1. The Hall–Kier alpha value is -3.89. The molecular weight excluding hydrogens is 600 g/mol. The van der Waals surface area contributed by atoms with Crippen LogP contribution in [0.25, 0.3) is 0 Å². The third-order valence-electron chi connectivity index (χ3n) is 6.50. The molecule has 0 unspecified atom stereocenters. The molecule has 0 radical (unpaired) electrons. The highest BCUT2D eigenvalue weighted by atomic mass is 35.5. The number of carbonyl (C=O) groups is 4. The van der Waals surface area contributed by atoms with Crippen LogP contribution in [0.15, 0.2) is 34.9 Å². The lowest BCUT2D eigenvalue weighted by Crippen LogP contribution is -2.71. The van der Waals surface area contributed by atoms with Crippen molar-refractivity contribution in [3.05, 3.63) is 45.3 Å². The van der Waals surface area contributed by atoms with Crippen molar-refractivity contribution in [2.75, 3.05) is 18.1 Å². The number of aliphatic carboxylic acids is 2. The molecule has 3 atom stereocenters. The molecule has 0 aromatic carbocycles. The molecule has 1 saturated heterocycles. The Bertz CT molecular complexity index is 1510.